The average Bonchev–Trinajstić information content (AvgIpc) is 2.73. The smallest absolute Gasteiger partial charge is 0.412 e. The third-order valence-corrected chi connectivity index (χ3v) is 5.11. The van der Waals surface area contributed by atoms with Gasteiger partial charge in [-0.2, -0.15) is 0 Å². The molecule has 0 unspecified atom stereocenters. The Balaban J connectivity index is 2.34. The van der Waals surface area contributed by atoms with E-state index in [1.807, 2.05) is 64.1 Å². The molecule has 0 heterocycles. The van der Waals surface area contributed by atoms with Crippen LogP contribution in [0.4, 0.5) is 16.2 Å². The molecule has 2 rings (SSSR count). The van der Waals surface area contributed by atoms with Gasteiger partial charge in [-0.15, -0.1) is 0 Å². The Labute approximate surface area is 189 Å². The summed E-state index contributed by atoms with van der Waals surface area (Å²) < 4.78 is 4.92. The van der Waals surface area contributed by atoms with Crippen LogP contribution in [0.25, 0.3) is 0 Å². The van der Waals surface area contributed by atoms with Crippen LogP contribution in [0.3, 0.4) is 0 Å². The van der Waals surface area contributed by atoms with E-state index < -0.39 is 12.1 Å². The van der Waals surface area contributed by atoms with Gasteiger partial charge in [0.1, 0.15) is 0 Å². The lowest BCUT2D eigenvalue weighted by molar-refractivity contribution is -0.144. The minimum atomic E-state index is -1.05. The van der Waals surface area contributed by atoms with Crippen molar-refractivity contribution in [2.45, 2.75) is 60.0 Å². The molecular formula is C25H32N2O5. The maximum Gasteiger partial charge on any atom is 0.412 e. The Morgan fingerprint density at radius 3 is 2.12 bits per heavy atom. The van der Waals surface area contributed by atoms with E-state index in [-0.39, 0.29) is 37.9 Å². The largest absolute Gasteiger partial charge is 0.466 e. The monoisotopic (exact) mass is 440 g/mol. The second-order valence-corrected chi connectivity index (χ2v) is 7.94. The van der Waals surface area contributed by atoms with E-state index in [1.54, 1.807) is 17.9 Å². The molecule has 0 aliphatic rings. The number of ether oxygens (including phenoxy) is 1. The molecule has 0 aliphatic heterocycles. The summed E-state index contributed by atoms with van der Waals surface area (Å²) in [5.74, 6) is -0.575. The van der Waals surface area contributed by atoms with E-state index in [1.165, 1.54) is 4.90 Å². The third kappa shape index (κ3) is 6.33. The number of amides is 2. The van der Waals surface area contributed by atoms with Crippen LogP contribution in [-0.4, -0.2) is 35.7 Å². The van der Waals surface area contributed by atoms with Crippen molar-refractivity contribution in [3.8, 4) is 0 Å². The lowest BCUT2D eigenvalue weighted by Crippen LogP contribution is -2.38. The number of hydrogen-bond donors (Lipinski definition) is 1. The summed E-state index contributed by atoms with van der Waals surface area (Å²) in [7, 11) is 0. The van der Waals surface area contributed by atoms with Gasteiger partial charge in [0, 0.05) is 18.2 Å². The van der Waals surface area contributed by atoms with Crippen molar-refractivity contribution in [3.05, 3.63) is 59.2 Å². The van der Waals surface area contributed by atoms with Crippen molar-refractivity contribution < 1.29 is 24.2 Å². The van der Waals surface area contributed by atoms with Crippen molar-refractivity contribution in [1.82, 2.24) is 0 Å². The van der Waals surface area contributed by atoms with E-state index in [0.29, 0.717) is 11.4 Å². The van der Waals surface area contributed by atoms with Gasteiger partial charge in [0.15, 0.2) is 0 Å². The number of nitrogens with zero attached hydrogens (tertiary/aromatic N) is 2. The highest BCUT2D eigenvalue weighted by Gasteiger charge is 2.24. The van der Waals surface area contributed by atoms with Crippen molar-refractivity contribution in [3.63, 3.8) is 0 Å². The van der Waals surface area contributed by atoms with Gasteiger partial charge in [0.25, 0.3) is 0 Å². The molecule has 0 aliphatic carbocycles. The average molecular weight is 441 g/mol. The highest BCUT2D eigenvalue weighted by Crippen LogP contribution is 2.32. The predicted octanol–water partition coefficient (Wildman–Crippen LogP) is 5.07. The molecule has 0 radical (unpaired) electrons. The Hall–Kier alpha value is -3.35. The van der Waals surface area contributed by atoms with Gasteiger partial charge in [-0.25, -0.2) is 4.79 Å². The normalized spacial score (nSPS) is 10.7. The highest BCUT2D eigenvalue weighted by atomic mass is 16.5. The second kappa shape index (κ2) is 11.3. The molecule has 2 amide bonds. The molecule has 7 nitrogen and oxygen atoms in total. The minimum Gasteiger partial charge on any atom is -0.466 e. The number of anilines is 2. The summed E-state index contributed by atoms with van der Waals surface area (Å²) in [6.45, 7) is 9.74. The molecule has 0 saturated carbocycles. The fourth-order valence-electron chi connectivity index (χ4n) is 3.62. The topological polar surface area (TPSA) is 87.2 Å². The van der Waals surface area contributed by atoms with Gasteiger partial charge in [0.05, 0.1) is 25.3 Å². The van der Waals surface area contributed by atoms with Crippen LogP contribution in [0.15, 0.2) is 42.5 Å². The molecule has 0 bridgehead atoms. The van der Waals surface area contributed by atoms with Gasteiger partial charge in [-0.3, -0.25) is 14.5 Å². The molecule has 1 N–H and O–H groups in total. The first-order valence-corrected chi connectivity index (χ1v) is 10.8. The summed E-state index contributed by atoms with van der Waals surface area (Å²) in [6.07, 6.45) is -0.974. The lowest BCUT2D eigenvalue weighted by atomic mass is 10.0. The van der Waals surface area contributed by atoms with E-state index >= 15 is 0 Å². The van der Waals surface area contributed by atoms with Gasteiger partial charge in [0.2, 0.25) is 5.91 Å². The highest BCUT2D eigenvalue weighted by molar-refractivity contribution is 5.97. The molecule has 0 fully saturated rings. The molecule has 172 valence electrons. The first-order valence-electron chi connectivity index (χ1n) is 10.8. The van der Waals surface area contributed by atoms with E-state index in [9.17, 15) is 19.5 Å². The zero-order valence-electron chi connectivity index (χ0n) is 19.4. The molecule has 0 aromatic heterocycles. The molecule has 2 aromatic rings. The number of rotatable bonds is 9. The van der Waals surface area contributed by atoms with Crippen LogP contribution in [0.2, 0.25) is 0 Å². The second-order valence-electron chi connectivity index (χ2n) is 7.94. The zero-order valence-corrected chi connectivity index (χ0v) is 19.4. The standard InChI is InChI=1S/C25H32N2O5/c1-6-32-24(29)13-12-23(28)27(17(2)3)22-15-18(4)21(14-19(22)5)26(25(30)31)16-20-10-8-7-9-11-20/h7-11,14-15,17H,6,12-13,16H2,1-5H3,(H,30,31). The van der Waals surface area contributed by atoms with Crippen molar-refractivity contribution in [2.24, 2.45) is 0 Å². The summed E-state index contributed by atoms with van der Waals surface area (Å²) >= 11 is 0. The van der Waals surface area contributed by atoms with Crippen molar-refractivity contribution in [2.75, 3.05) is 16.4 Å². The summed E-state index contributed by atoms with van der Waals surface area (Å²) in [4.78, 5) is 39.6. The quantitative estimate of drug-likeness (QED) is 0.550. The van der Waals surface area contributed by atoms with Crippen LogP contribution in [0.5, 0.6) is 0 Å². The van der Waals surface area contributed by atoms with E-state index in [4.69, 9.17) is 4.74 Å². The van der Waals surface area contributed by atoms with Crippen molar-refractivity contribution >= 4 is 29.3 Å². The first kappa shape index (κ1) is 24.9. The van der Waals surface area contributed by atoms with Crippen LogP contribution in [0, 0.1) is 13.8 Å². The van der Waals surface area contributed by atoms with Gasteiger partial charge >= 0.3 is 12.1 Å². The zero-order chi connectivity index (χ0) is 23.8. The summed E-state index contributed by atoms with van der Waals surface area (Å²) in [5.41, 5.74) is 3.69. The van der Waals surface area contributed by atoms with Gasteiger partial charge < -0.3 is 14.7 Å². The number of esters is 1. The third-order valence-electron chi connectivity index (χ3n) is 5.11. The van der Waals surface area contributed by atoms with E-state index in [0.717, 1.165) is 16.7 Å². The fraction of sp³-hybridized carbons (Fsp3) is 0.400. The van der Waals surface area contributed by atoms with Gasteiger partial charge in [-0.05, 0) is 63.4 Å². The first-order chi connectivity index (χ1) is 15.1. The predicted molar refractivity (Wildman–Crippen MR) is 125 cm³/mol. The number of carbonyl (C=O) groups is 3. The molecule has 32 heavy (non-hydrogen) atoms. The lowest BCUT2D eigenvalue weighted by Gasteiger charge is -2.30. The molecule has 7 heteroatoms. The Bertz CT molecular complexity index is 956. The van der Waals surface area contributed by atoms with Crippen LogP contribution < -0.4 is 9.80 Å². The van der Waals surface area contributed by atoms with Crippen molar-refractivity contribution in [1.29, 1.82) is 0 Å². The molecule has 0 spiro atoms. The number of hydrogen-bond acceptors (Lipinski definition) is 4. The summed E-state index contributed by atoms with van der Waals surface area (Å²) in [5, 5.41) is 9.84. The Morgan fingerprint density at radius 2 is 1.56 bits per heavy atom. The fourth-order valence-corrected chi connectivity index (χ4v) is 3.62. The molecule has 0 atom stereocenters. The SMILES string of the molecule is CCOC(=O)CCC(=O)N(c1cc(C)c(N(Cc2ccccc2)C(=O)O)cc1C)C(C)C. The number of benzene rings is 2. The molecule has 2 aromatic carbocycles. The van der Waals surface area contributed by atoms with Crippen LogP contribution in [-0.2, 0) is 20.9 Å². The maximum absolute atomic E-state index is 12.9. The summed E-state index contributed by atoms with van der Waals surface area (Å²) in [6, 6.07) is 12.9. The molecule has 0 saturated heterocycles. The van der Waals surface area contributed by atoms with Gasteiger partial charge in [-0.1, -0.05) is 30.3 Å². The number of aryl methyl sites for hydroxylation is 2. The number of carbonyl (C=O) groups excluding carboxylic acids is 2. The van der Waals surface area contributed by atoms with E-state index in [2.05, 4.69) is 0 Å². The Morgan fingerprint density at radius 1 is 0.969 bits per heavy atom. The Kier molecular flexibility index (Phi) is 8.81. The minimum absolute atomic E-state index is 0.0237. The van der Waals surface area contributed by atoms with Crippen LogP contribution in [0.1, 0.15) is 50.3 Å². The maximum atomic E-state index is 12.9. The van der Waals surface area contributed by atoms with Crippen LogP contribution >= 0.6 is 0 Å². The molecular weight excluding hydrogens is 408 g/mol. The number of carboxylic acid groups (broad SMARTS) is 1.